The van der Waals surface area contributed by atoms with E-state index in [1.807, 2.05) is 43.3 Å². The van der Waals surface area contributed by atoms with Crippen molar-refractivity contribution in [1.82, 2.24) is 0 Å². The van der Waals surface area contributed by atoms with Crippen LogP contribution in [0.15, 0.2) is 48.5 Å². The van der Waals surface area contributed by atoms with Gasteiger partial charge in [0.2, 0.25) is 5.91 Å². The van der Waals surface area contributed by atoms with Gasteiger partial charge in [0.1, 0.15) is 0 Å². The Balaban J connectivity index is 1.66. The lowest BCUT2D eigenvalue weighted by atomic mass is 9.88. The Labute approximate surface area is 148 Å². The summed E-state index contributed by atoms with van der Waals surface area (Å²) in [6.45, 7) is 1.91. The number of hydrogen-bond donors (Lipinski definition) is 2. The van der Waals surface area contributed by atoms with E-state index in [9.17, 15) is 9.59 Å². The number of nitrogens with one attached hydrogen (secondary N) is 2. The van der Waals surface area contributed by atoms with Crippen LogP contribution in [-0.4, -0.2) is 11.8 Å². The lowest BCUT2D eigenvalue weighted by Crippen LogP contribution is -2.24. The van der Waals surface area contributed by atoms with Crippen molar-refractivity contribution < 1.29 is 9.59 Å². The molecule has 0 spiro atoms. The minimum absolute atomic E-state index is 0.0853. The zero-order chi connectivity index (χ0) is 17.6. The minimum Gasteiger partial charge on any atom is -0.326 e. The fourth-order valence-corrected chi connectivity index (χ4v) is 3.31. The second kappa shape index (κ2) is 7.97. The molecule has 0 bridgehead atoms. The Morgan fingerprint density at radius 2 is 1.56 bits per heavy atom. The molecule has 1 aliphatic rings. The Kier molecular flexibility index (Phi) is 5.49. The van der Waals surface area contributed by atoms with Gasteiger partial charge in [-0.25, -0.2) is 0 Å². The Morgan fingerprint density at radius 3 is 2.28 bits per heavy atom. The van der Waals surface area contributed by atoms with Crippen molar-refractivity contribution in [1.29, 1.82) is 0 Å². The smallest absolute Gasteiger partial charge is 0.255 e. The molecule has 0 atom stereocenters. The molecular formula is C21H24N2O2. The van der Waals surface area contributed by atoms with Crippen molar-refractivity contribution in [3.63, 3.8) is 0 Å². The van der Waals surface area contributed by atoms with Crippen LogP contribution in [0.25, 0.3) is 0 Å². The standard InChI is InChI=1S/C21H24N2O2/c1-15-8-5-6-13-19(15)21(25)23-18-12-7-11-17(14-18)22-20(24)16-9-3-2-4-10-16/h5-8,11-14,16H,2-4,9-10H2,1H3,(H,22,24)(H,23,25). The fraction of sp³-hybridized carbons (Fsp3) is 0.333. The summed E-state index contributed by atoms with van der Waals surface area (Å²) in [6.07, 6.45) is 5.42. The van der Waals surface area contributed by atoms with Gasteiger partial charge < -0.3 is 10.6 Å². The van der Waals surface area contributed by atoms with Crippen molar-refractivity contribution in [2.24, 2.45) is 5.92 Å². The van der Waals surface area contributed by atoms with Crippen molar-refractivity contribution in [2.45, 2.75) is 39.0 Å². The van der Waals surface area contributed by atoms with E-state index in [-0.39, 0.29) is 17.7 Å². The van der Waals surface area contributed by atoms with Crippen LogP contribution in [0.1, 0.15) is 48.0 Å². The van der Waals surface area contributed by atoms with E-state index in [2.05, 4.69) is 10.6 Å². The predicted octanol–water partition coefficient (Wildman–Crippen LogP) is 4.77. The number of benzene rings is 2. The molecule has 1 aliphatic carbocycles. The van der Waals surface area contributed by atoms with Gasteiger partial charge >= 0.3 is 0 Å². The molecule has 25 heavy (non-hydrogen) atoms. The summed E-state index contributed by atoms with van der Waals surface area (Å²) in [5, 5.41) is 5.89. The highest BCUT2D eigenvalue weighted by Gasteiger charge is 2.21. The third-order valence-electron chi connectivity index (χ3n) is 4.75. The zero-order valence-electron chi connectivity index (χ0n) is 14.5. The zero-order valence-corrected chi connectivity index (χ0v) is 14.5. The first-order valence-corrected chi connectivity index (χ1v) is 8.91. The van der Waals surface area contributed by atoms with E-state index in [0.29, 0.717) is 11.3 Å². The number of amides is 2. The van der Waals surface area contributed by atoms with Gasteiger partial charge in [-0.15, -0.1) is 0 Å². The molecule has 1 saturated carbocycles. The largest absolute Gasteiger partial charge is 0.326 e. The van der Waals surface area contributed by atoms with Crippen LogP contribution >= 0.6 is 0 Å². The van der Waals surface area contributed by atoms with Crippen molar-refractivity contribution in [3.05, 3.63) is 59.7 Å². The van der Waals surface area contributed by atoms with Crippen LogP contribution in [0.4, 0.5) is 11.4 Å². The van der Waals surface area contributed by atoms with Gasteiger partial charge in [0.05, 0.1) is 0 Å². The summed E-state index contributed by atoms with van der Waals surface area (Å²) in [7, 11) is 0. The molecule has 130 valence electrons. The van der Waals surface area contributed by atoms with E-state index in [0.717, 1.165) is 36.9 Å². The molecule has 4 nitrogen and oxygen atoms in total. The number of aryl methyl sites for hydroxylation is 1. The van der Waals surface area contributed by atoms with E-state index in [1.165, 1.54) is 6.42 Å². The van der Waals surface area contributed by atoms with E-state index in [1.54, 1.807) is 12.1 Å². The van der Waals surface area contributed by atoms with Gasteiger partial charge in [0.15, 0.2) is 0 Å². The second-order valence-corrected chi connectivity index (χ2v) is 6.67. The molecule has 2 aromatic carbocycles. The number of hydrogen-bond acceptors (Lipinski definition) is 2. The Hall–Kier alpha value is -2.62. The molecule has 0 aliphatic heterocycles. The predicted molar refractivity (Wildman–Crippen MR) is 101 cm³/mol. The van der Waals surface area contributed by atoms with Gasteiger partial charge in [-0.3, -0.25) is 9.59 Å². The maximum atomic E-state index is 12.4. The monoisotopic (exact) mass is 336 g/mol. The van der Waals surface area contributed by atoms with E-state index >= 15 is 0 Å². The fourth-order valence-electron chi connectivity index (χ4n) is 3.31. The number of carbonyl (C=O) groups is 2. The van der Waals surface area contributed by atoms with Gasteiger partial charge in [0.25, 0.3) is 5.91 Å². The molecule has 0 aromatic heterocycles. The summed E-state index contributed by atoms with van der Waals surface area (Å²) in [5.41, 5.74) is 2.98. The first-order valence-electron chi connectivity index (χ1n) is 8.91. The molecule has 2 aromatic rings. The van der Waals surface area contributed by atoms with Gasteiger partial charge in [0, 0.05) is 22.9 Å². The molecule has 2 amide bonds. The molecular weight excluding hydrogens is 312 g/mol. The normalized spacial score (nSPS) is 14.8. The number of rotatable bonds is 4. The van der Waals surface area contributed by atoms with E-state index in [4.69, 9.17) is 0 Å². The van der Waals surface area contributed by atoms with Crippen LogP contribution in [0.3, 0.4) is 0 Å². The van der Waals surface area contributed by atoms with Gasteiger partial charge in [-0.05, 0) is 49.6 Å². The maximum absolute atomic E-state index is 12.4. The Bertz CT molecular complexity index is 764. The van der Waals surface area contributed by atoms with Gasteiger partial charge in [-0.2, -0.15) is 0 Å². The van der Waals surface area contributed by atoms with Crippen LogP contribution in [-0.2, 0) is 4.79 Å². The molecule has 1 fully saturated rings. The molecule has 0 unspecified atom stereocenters. The lowest BCUT2D eigenvalue weighted by molar-refractivity contribution is -0.120. The third-order valence-corrected chi connectivity index (χ3v) is 4.75. The molecule has 4 heteroatoms. The van der Waals surface area contributed by atoms with Crippen LogP contribution in [0.5, 0.6) is 0 Å². The molecule has 3 rings (SSSR count). The average Bonchev–Trinajstić information content (AvgIpc) is 2.63. The SMILES string of the molecule is Cc1ccccc1C(=O)Nc1cccc(NC(=O)C2CCCCC2)c1. The topological polar surface area (TPSA) is 58.2 Å². The van der Waals surface area contributed by atoms with Crippen molar-refractivity contribution in [3.8, 4) is 0 Å². The average molecular weight is 336 g/mol. The summed E-state index contributed by atoms with van der Waals surface area (Å²) in [6, 6.07) is 14.8. The highest BCUT2D eigenvalue weighted by molar-refractivity contribution is 6.05. The second-order valence-electron chi connectivity index (χ2n) is 6.67. The highest BCUT2D eigenvalue weighted by Crippen LogP contribution is 2.25. The number of carbonyl (C=O) groups excluding carboxylic acids is 2. The van der Waals surface area contributed by atoms with Crippen molar-refractivity contribution >= 4 is 23.2 Å². The molecule has 0 saturated heterocycles. The minimum atomic E-state index is -0.145. The van der Waals surface area contributed by atoms with Crippen LogP contribution in [0.2, 0.25) is 0 Å². The summed E-state index contributed by atoms with van der Waals surface area (Å²) in [5.74, 6) is 0.0508. The molecule has 2 N–H and O–H groups in total. The van der Waals surface area contributed by atoms with Crippen molar-refractivity contribution in [2.75, 3.05) is 10.6 Å². The van der Waals surface area contributed by atoms with Crippen LogP contribution in [0, 0.1) is 12.8 Å². The highest BCUT2D eigenvalue weighted by atomic mass is 16.2. The van der Waals surface area contributed by atoms with Crippen LogP contribution < -0.4 is 10.6 Å². The first kappa shape index (κ1) is 17.2. The summed E-state index contributed by atoms with van der Waals surface area (Å²) in [4.78, 5) is 24.8. The maximum Gasteiger partial charge on any atom is 0.255 e. The third kappa shape index (κ3) is 4.47. The summed E-state index contributed by atoms with van der Waals surface area (Å²) >= 11 is 0. The first-order chi connectivity index (χ1) is 12.1. The molecule has 0 radical (unpaired) electrons. The summed E-state index contributed by atoms with van der Waals surface area (Å²) < 4.78 is 0. The van der Waals surface area contributed by atoms with E-state index < -0.39 is 0 Å². The quantitative estimate of drug-likeness (QED) is 0.845. The molecule has 0 heterocycles. The lowest BCUT2D eigenvalue weighted by Gasteiger charge is -2.20. The van der Waals surface area contributed by atoms with Gasteiger partial charge in [-0.1, -0.05) is 43.5 Å². The number of anilines is 2. The Morgan fingerprint density at radius 1 is 0.880 bits per heavy atom.